The average Bonchev–Trinajstić information content (AvgIpc) is 2.24. The van der Waals surface area contributed by atoms with Gasteiger partial charge in [0.2, 0.25) is 0 Å². The summed E-state index contributed by atoms with van der Waals surface area (Å²) in [7, 11) is 0. The molecule has 0 radical (unpaired) electrons. The average molecular weight is 220 g/mol. The summed E-state index contributed by atoms with van der Waals surface area (Å²) in [6, 6.07) is 3.21. The number of carboxylic acids is 1. The molecule has 1 aliphatic rings. The van der Waals surface area contributed by atoms with Crippen LogP contribution in [0.2, 0.25) is 0 Å². The minimum Gasteiger partial charge on any atom is -0.478 e. The fourth-order valence-electron chi connectivity index (χ4n) is 1.97. The van der Waals surface area contributed by atoms with Crippen molar-refractivity contribution in [1.29, 1.82) is 0 Å². The van der Waals surface area contributed by atoms with Crippen LogP contribution in [-0.4, -0.2) is 22.6 Å². The van der Waals surface area contributed by atoms with E-state index in [1.807, 2.05) is 0 Å². The molecule has 1 aromatic heterocycles. The van der Waals surface area contributed by atoms with Gasteiger partial charge in [-0.2, -0.15) is 0 Å². The Morgan fingerprint density at radius 2 is 2.38 bits per heavy atom. The Balaban J connectivity index is 2.06. The van der Waals surface area contributed by atoms with Crippen molar-refractivity contribution in [2.45, 2.75) is 26.2 Å². The highest BCUT2D eigenvalue weighted by Gasteiger charge is 2.31. The highest BCUT2D eigenvalue weighted by Crippen LogP contribution is 2.40. The first-order valence-corrected chi connectivity index (χ1v) is 5.53. The normalized spacial score (nSPS) is 17.6. The largest absolute Gasteiger partial charge is 0.478 e. The number of hydrogen-bond acceptors (Lipinski definition) is 3. The lowest BCUT2D eigenvalue weighted by atomic mass is 9.70. The van der Waals surface area contributed by atoms with Crippen LogP contribution in [-0.2, 0) is 0 Å². The Kier molecular flexibility index (Phi) is 2.81. The molecule has 0 bridgehead atoms. The minimum atomic E-state index is -0.936. The molecule has 0 aromatic carbocycles. The van der Waals surface area contributed by atoms with Gasteiger partial charge in [0.15, 0.2) is 0 Å². The quantitative estimate of drug-likeness (QED) is 0.817. The number of aromatic nitrogens is 1. The van der Waals surface area contributed by atoms with Gasteiger partial charge in [-0.1, -0.05) is 13.3 Å². The van der Waals surface area contributed by atoms with Crippen LogP contribution in [0.25, 0.3) is 0 Å². The van der Waals surface area contributed by atoms with Gasteiger partial charge in [-0.3, -0.25) is 0 Å². The standard InChI is InChI=1S/C12H16N2O2/c1-12(5-3-6-12)8-14-10-9(11(15)16)4-2-7-13-10/h2,4,7H,3,5-6,8H2,1H3,(H,13,14)(H,15,16). The van der Waals surface area contributed by atoms with E-state index < -0.39 is 5.97 Å². The fourth-order valence-corrected chi connectivity index (χ4v) is 1.97. The molecule has 2 N–H and O–H groups in total. The summed E-state index contributed by atoms with van der Waals surface area (Å²) in [5.74, 6) is -0.461. The predicted molar refractivity (Wildman–Crippen MR) is 61.6 cm³/mol. The molecule has 4 heteroatoms. The third-order valence-electron chi connectivity index (χ3n) is 3.28. The van der Waals surface area contributed by atoms with Crippen LogP contribution in [0.15, 0.2) is 18.3 Å². The smallest absolute Gasteiger partial charge is 0.339 e. The van der Waals surface area contributed by atoms with Crippen molar-refractivity contribution in [3.05, 3.63) is 23.9 Å². The van der Waals surface area contributed by atoms with E-state index in [4.69, 9.17) is 5.11 Å². The Bertz CT molecular complexity index is 400. The fraction of sp³-hybridized carbons (Fsp3) is 0.500. The number of carbonyl (C=O) groups is 1. The first-order valence-electron chi connectivity index (χ1n) is 5.53. The number of hydrogen-bond donors (Lipinski definition) is 2. The second-order valence-electron chi connectivity index (χ2n) is 4.72. The van der Waals surface area contributed by atoms with E-state index in [9.17, 15) is 4.79 Å². The van der Waals surface area contributed by atoms with Crippen molar-refractivity contribution in [3.8, 4) is 0 Å². The van der Waals surface area contributed by atoms with Gasteiger partial charge in [-0.05, 0) is 30.4 Å². The van der Waals surface area contributed by atoms with Gasteiger partial charge >= 0.3 is 5.97 Å². The molecule has 1 heterocycles. The highest BCUT2D eigenvalue weighted by molar-refractivity contribution is 5.92. The Hall–Kier alpha value is -1.58. The van der Waals surface area contributed by atoms with Crippen LogP contribution in [0.3, 0.4) is 0 Å². The molecule has 4 nitrogen and oxygen atoms in total. The van der Waals surface area contributed by atoms with Gasteiger partial charge in [-0.25, -0.2) is 9.78 Å². The zero-order valence-electron chi connectivity index (χ0n) is 9.36. The van der Waals surface area contributed by atoms with E-state index in [-0.39, 0.29) is 5.56 Å². The monoisotopic (exact) mass is 220 g/mol. The molecular formula is C12H16N2O2. The molecule has 16 heavy (non-hydrogen) atoms. The van der Waals surface area contributed by atoms with Gasteiger partial charge < -0.3 is 10.4 Å². The second kappa shape index (κ2) is 4.12. The van der Waals surface area contributed by atoms with Crippen LogP contribution in [0.5, 0.6) is 0 Å². The lowest BCUT2D eigenvalue weighted by Gasteiger charge is -2.38. The van der Waals surface area contributed by atoms with E-state index in [0.29, 0.717) is 11.2 Å². The van der Waals surface area contributed by atoms with E-state index in [2.05, 4.69) is 17.2 Å². The van der Waals surface area contributed by atoms with E-state index in [0.717, 1.165) is 6.54 Å². The Morgan fingerprint density at radius 3 is 2.94 bits per heavy atom. The summed E-state index contributed by atoms with van der Waals surface area (Å²) in [6.07, 6.45) is 5.29. The molecule has 0 aliphatic heterocycles. The van der Waals surface area contributed by atoms with Crippen molar-refractivity contribution < 1.29 is 9.90 Å². The summed E-state index contributed by atoms with van der Waals surface area (Å²) in [6.45, 7) is 3.01. The molecule has 0 spiro atoms. The van der Waals surface area contributed by atoms with Crippen LogP contribution in [0, 0.1) is 5.41 Å². The molecule has 1 fully saturated rings. The molecule has 1 aromatic rings. The lowest BCUT2D eigenvalue weighted by Crippen LogP contribution is -2.33. The van der Waals surface area contributed by atoms with Crippen LogP contribution in [0.1, 0.15) is 36.5 Å². The van der Waals surface area contributed by atoms with Gasteiger partial charge in [-0.15, -0.1) is 0 Å². The van der Waals surface area contributed by atoms with Gasteiger partial charge in [0.25, 0.3) is 0 Å². The lowest BCUT2D eigenvalue weighted by molar-refractivity contribution is 0.0697. The van der Waals surface area contributed by atoms with Crippen molar-refractivity contribution in [2.75, 3.05) is 11.9 Å². The van der Waals surface area contributed by atoms with Gasteiger partial charge in [0, 0.05) is 12.7 Å². The maximum absolute atomic E-state index is 10.9. The summed E-state index contributed by atoms with van der Waals surface area (Å²) >= 11 is 0. The zero-order valence-corrected chi connectivity index (χ0v) is 9.36. The molecular weight excluding hydrogens is 204 g/mol. The van der Waals surface area contributed by atoms with Crippen molar-refractivity contribution in [3.63, 3.8) is 0 Å². The number of carboxylic acid groups (broad SMARTS) is 1. The molecule has 2 rings (SSSR count). The SMILES string of the molecule is CC1(CNc2ncccc2C(=O)O)CCC1. The molecule has 86 valence electrons. The molecule has 0 atom stereocenters. The third-order valence-corrected chi connectivity index (χ3v) is 3.28. The summed E-state index contributed by atoms with van der Waals surface area (Å²) in [5.41, 5.74) is 0.554. The number of rotatable bonds is 4. The Labute approximate surface area is 94.7 Å². The van der Waals surface area contributed by atoms with E-state index in [1.54, 1.807) is 18.3 Å². The molecule has 0 amide bonds. The zero-order chi connectivity index (χ0) is 11.6. The maximum atomic E-state index is 10.9. The Morgan fingerprint density at radius 1 is 1.62 bits per heavy atom. The van der Waals surface area contributed by atoms with Crippen molar-refractivity contribution >= 4 is 11.8 Å². The van der Waals surface area contributed by atoms with Crippen molar-refractivity contribution in [1.82, 2.24) is 4.98 Å². The van der Waals surface area contributed by atoms with Crippen LogP contribution >= 0.6 is 0 Å². The summed E-state index contributed by atoms with van der Waals surface area (Å²) in [5, 5.41) is 12.1. The molecule has 1 aliphatic carbocycles. The first kappa shape index (κ1) is 10.9. The van der Waals surface area contributed by atoms with Gasteiger partial charge in [0.05, 0.1) is 0 Å². The number of nitrogens with zero attached hydrogens (tertiary/aromatic N) is 1. The highest BCUT2D eigenvalue weighted by atomic mass is 16.4. The maximum Gasteiger partial charge on any atom is 0.339 e. The topological polar surface area (TPSA) is 62.2 Å². The van der Waals surface area contributed by atoms with Crippen LogP contribution in [0.4, 0.5) is 5.82 Å². The van der Waals surface area contributed by atoms with Crippen molar-refractivity contribution in [2.24, 2.45) is 5.41 Å². The number of pyridine rings is 1. The molecule has 0 unspecified atom stereocenters. The third kappa shape index (κ3) is 2.15. The van der Waals surface area contributed by atoms with E-state index in [1.165, 1.54) is 19.3 Å². The number of anilines is 1. The van der Waals surface area contributed by atoms with Crippen LogP contribution < -0.4 is 5.32 Å². The molecule has 0 saturated heterocycles. The summed E-state index contributed by atoms with van der Waals surface area (Å²) < 4.78 is 0. The van der Waals surface area contributed by atoms with E-state index >= 15 is 0 Å². The molecule has 1 saturated carbocycles. The minimum absolute atomic E-state index is 0.241. The number of nitrogens with one attached hydrogen (secondary N) is 1. The number of aromatic carboxylic acids is 1. The second-order valence-corrected chi connectivity index (χ2v) is 4.72. The first-order chi connectivity index (χ1) is 7.61. The predicted octanol–water partition coefficient (Wildman–Crippen LogP) is 2.38. The summed E-state index contributed by atoms with van der Waals surface area (Å²) in [4.78, 5) is 15.0. The van der Waals surface area contributed by atoms with Gasteiger partial charge in [0.1, 0.15) is 11.4 Å².